The van der Waals surface area contributed by atoms with Crippen LogP contribution in [0.5, 0.6) is 5.75 Å². The molecular weight excluding hydrogens is 430 g/mol. The lowest BCUT2D eigenvalue weighted by molar-refractivity contribution is -0.120. The summed E-state index contributed by atoms with van der Waals surface area (Å²) < 4.78 is 15.8. The summed E-state index contributed by atoms with van der Waals surface area (Å²) in [5.74, 6) is 0.793. The number of amides is 1. The van der Waals surface area contributed by atoms with Crippen molar-refractivity contribution in [3.8, 4) is 5.75 Å². The zero-order valence-corrected chi connectivity index (χ0v) is 20.4. The Morgan fingerprint density at radius 1 is 1.19 bits per heavy atom. The van der Waals surface area contributed by atoms with Gasteiger partial charge in [-0.3, -0.25) is 4.79 Å². The molecule has 1 unspecified atom stereocenters. The zero-order chi connectivity index (χ0) is 23.6. The lowest BCUT2D eigenvalue weighted by Gasteiger charge is -2.12. The highest BCUT2D eigenvalue weighted by molar-refractivity contribution is 6.25. The topological polar surface area (TPSA) is 77.8 Å². The van der Waals surface area contributed by atoms with Crippen LogP contribution in [-0.4, -0.2) is 32.8 Å². The maximum atomic E-state index is 12.1. The second kappa shape index (κ2) is 17.5. The molecule has 0 spiro atoms. The van der Waals surface area contributed by atoms with Gasteiger partial charge in [0.1, 0.15) is 11.5 Å². The number of methoxy groups -OCH3 is 2. The average Bonchev–Trinajstić information content (AvgIpc) is 2.79. The summed E-state index contributed by atoms with van der Waals surface area (Å²) >= 11 is 5.88. The molecule has 0 aliphatic carbocycles. The van der Waals surface area contributed by atoms with E-state index in [0.717, 1.165) is 18.4 Å². The third-order valence-corrected chi connectivity index (χ3v) is 5.47. The van der Waals surface area contributed by atoms with Crippen molar-refractivity contribution in [3.63, 3.8) is 0 Å². The highest BCUT2D eigenvalue weighted by Gasteiger charge is 2.08. The highest BCUT2D eigenvalue weighted by Crippen LogP contribution is 2.14. The van der Waals surface area contributed by atoms with E-state index in [-0.39, 0.29) is 18.6 Å². The number of unbranched alkanes of at least 4 members (excludes halogenated alkanes) is 4. The summed E-state index contributed by atoms with van der Waals surface area (Å²) in [5, 5.41) is 2.85. The molecule has 1 aromatic heterocycles. The van der Waals surface area contributed by atoms with Crippen LogP contribution in [0.4, 0.5) is 0 Å². The number of hydrogen-bond acceptors (Lipinski definition) is 5. The molecule has 1 atom stereocenters. The second-order valence-electron chi connectivity index (χ2n) is 7.81. The number of ether oxygens (including phenoxy) is 2. The maximum Gasteiger partial charge on any atom is 0.339 e. The molecule has 0 aliphatic heterocycles. The van der Waals surface area contributed by atoms with E-state index in [4.69, 9.17) is 25.5 Å². The van der Waals surface area contributed by atoms with Gasteiger partial charge >= 0.3 is 5.63 Å². The average molecular weight is 468 g/mol. The molecule has 1 rings (SSSR count). The van der Waals surface area contributed by atoms with E-state index in [2.05, 4.69) is 18.3 Å². The molecule has 7 heteroatoms. The molecule has 6 nitrogen and oxygen atoms in total. The van der Waals surface area contributed by atoms with Crippen LogP contribution in [0.25, 0.3) is 0 Å². The Bertz CT molecular complexity index is 772. The molecule has 0 fully saturated rings. The second-order valence-corrected chi connectivity index (χ2v) is 8.03. The molecule has 0 aliphatic rings. The van der Waals surface area contributed by atoms with Crippen LogP contribution >= 0.6 is 11.6 Å². The SMILES string of the molecule is CCCCCCCC(CC=CCCC(=O)NCC(=CCl)Cc1cc(OC)cc(=O)o1)OC. The number of carbonyl (C=O) groups excluding carboxylic acids is 1. The van der Waals surface area contributed by atoms with Crippen LogP contribution in [0.1, 0.15) is 70.5 Å². The summed E-state index contributed by atoms with van der Waals surface area (Å²) in [6.07, 6.45) is 14.0. The summed E-state index contributed by atoms with van der Waals surface area (Å²) in [5.41, 5.74) is 1.64. The predicted octanol–water partition coefficient (Wildman–Crippen LogP) is 5.53. The van der Waals surface area contributed by atoms with E-state index >= 15 is 0 Å². The molecule has 1 N–H and O–H groups in total. The van der Waals surface area contributed by atoms with Gasteiger partial charge in [0.25, 0.3) is 0 Å². The third-order valence-electron chi connectivity index (χ3n) is 5.17. The zero-order valence-electron chi connectivity index (χ0n) is 19.7. The minimum Gasteiger partial charge on any atom is -0.496 e. The monoisotopic (exact) mass is 467 g/mol. The van der Waals surface area contributed by atoms with Crippen LogP contribution in [0.2, 0.25) is 0 Å². The minimum atomic E-state index is -0.490. The fraction of sp³-hybridized carbons (Fsp3) is 0.600. The Kier molecular flexibility index (Phi) is 15.3. The molecular formula is C25H38ClNO5. The number of halogens is 1. The smallest absolute Gasteiger partial charge is 0.339 e. The van der Waals surface area contributed by atoms with Crippen LogP contribution < -0.4 is 15.7 Å². The fourth-order valence-corrected chi connectivity index (χ4v) is 3.42. The highest BCUT2D eigenvalue weighted by atomic mass is 35.5. The van der Waals surface area contributed by atoms with Gasteiger partial charge in [-0.05, 0) is 24.8 Å². The van der Waals surface area contributed by atoms with Crippen molar-refractivity contribution in [2.45, 2.75) is 77.2 Å². The largest absolute Gasteiger partial charge is 0.496 e. The lowest BCUT2D eigenvalue weighted by atomic mass is 10.1. The van der Waals surface area contributed by atoms with Crippen molar-refractivity contribution >= 4 is 17.5 Å². The molecule has 0 aromatic carbocycles. The first-order valence-corrected chi connectivity index (χ1v) is 11.9. The van der Waals surface area contributed by atoms with Gasteiger partial charge in [-0.1, -0.05) is 62.8 Å². The Balaban J connectivity index is 2.29. The Labute approximate surface area is 197 Å². The molecule has 0 radical (unpaired) electrons. The quantitative estimate of drug-likeness (QED) is 0.240. The van der Waals surface area contributed by atoms with E-state index in [1.807, 2.05) is 6.08 Å². The molecule has 0 saturated carbocycles. The van der Waals surface area contributed by atoms with Crippen molar-refractivity contribution in [1.82, 2.24) is 5.32 Å². The van der Waals surface area contributed by atoms with Gasteiger partial charge in [0, 0.05) is 38.1 Å². The molecule has 0 bridgehead atoms. The maximum absolute atomic E-state index is 12.1. The van der Waals surface area contributed by atoms with Crippen molar-refractivity contribution in [2.24, 2.45) is 0 Å². The van der Waals surface area contributed by atoms with Crippen molar-refractivity contribution in [1.29, 1.82) is 0 Å². The Morgan fingerprint density at radius 3 is 2.66 bits per heavy atom. The molecule has 1 amide bonds. The Morgan fingerprint density at radius 2 is 1.97 bits per heavy atom. The minimum absolute atomic E-state index is 0.0584. The van der Waals surface area contributed by atoms with Crippen LogP contribution in [0, 0.1) is 0 Å². The van der Waals surface area contributed by atoms with Gasteiger partial charge in [0.05, 0.1) is 19.3 Å². The molecule has 32 heavy (non-hydrogen) atoms. The molecule has 1 heterocycles. The van der Waals surface area contributed by atoms with E-state index in [1.54, 1.807) is 13.2 Å². The number of hydrogen-bond donors (Lipinski definition) is 1. The summed E-state index contributed by atoms with van der Waals surface area (Å²) in [6.45, 7) is 2.51. The lowest BCUT2D eigenvalue weighted by Crippen LogP contribution is -2.25. The molecule has 1 aromatic rings. The van der Waals surface area contributed by atoms with Crippen LogP contribution in [0.15, 0.2) is 44.6 Å². The van der Waals surface area contributed by atoms with Gasteiger partial charge in [0.15, 0.2) is 0 Å². The van der Waals surface area contributed by atoms with Gasteiger partial charge in [0.2, 0.25) is 5.91 Å². The standard InChI is InChI=1S/C25H38ClNO5/c1-4-5-6-7-9-12-21(30-2)13-10-8-11-14-24(28)27-19-20(18-26)15-23-16-22(31-3)17-25(29)32-23/h8,10,16-18,21H,4-7,9,11-15,19H2,1-3H3,(H,27,28). The van der Waals surface area contributed by atoms with E-state index < -0.39 is 5.63 Å². The van der Waals surface area contributed by atoms with Crippen molar-refractivity contribution in [3.05, 3.63) is 51.6 Å². The number of rotatable bonds is 17. The van der Waals surface area contributed by atoms with E-state index in [9.17, 15) is 9.59 Å². The third kappa shape index (κ3) is 12.7. The number of nitrogens with one attached hydrogen (secondary N) is 1. The first-order valence-electron chi connectivity index (χ1n) is 11.4. The number of carbonyl (C=O) groups is 1. The van der Waals surface area contributed by atoms with Gasteiger partial charge < -0.3 is 19.2 Å². The Hall–Kier alpha value is -2.05. The van der Waals surface area contributed by atoms with Crippen LogP contribution in [-0.2, 0) is 16.0 Å². The van der Waals surface area contributed by atoms with Gasteiger partial charge in [-0.2, -0.15) is 0 Å². The normalized spacial score (nSPS) is 12.8. The fourth-order valence-electron chi connectivity index (χ4n) is 3.26. The van der Waals surface area contributed by atoms with Gasteiger partial charge in [-0.25, -0.2) is 4.79 Å². The molecule has 0 saturated heterocycles. The number of allylic oxidation sites excluding steroid dienone is 1. The van der Waals surface area contributed by atoms with Crippen LogP contribution in [0.3, 0.4) is 0 Å². The summed E-state index contributed by atoms with van der Waals surface area (Å²) in [4.78, 5) is 23.7. The first kappa shape index (κ1) is 28.0. The van der Waals surface area contributed by atoms with Crippen molar-refractivity contribution in [2.75, 3.05) is 20.8 Å². The molecule has 180 valence electrons. The summed E-state index contributed by atoms with van der Waals surface area (Å²) in [7, 11) is 3.24. The van der Waals surface area contributed by atoms with Crippen molar-refractivity contribution < 1.29 is 18.7 Å². The summed E-state index contributed by atoms with van der Waals surface area (Å²) in [6, 6.07) is 2.90. The first-order chi connectivity index (χ1) is 15.5. The predicted molar refractivity (Wildman–Crippen MR) is 129 cm³/mol. The van der Waals surface area contributed by atoms with E-state index in [0.29, 0.717) is 30.8 Å². The van der Waals surface area contributed by atoms with Gasteiger partial charge in [-0.15, -0.1) is 0 Å². The van der Waals surface area contributed by atoms with E-state index in [1.165, 1.54) is 50.8 Å².